The second kappa shape index (κ2) is 10.4. The smallest absolute Gasteiger partial charge is 0.435 e. The van der Waals surface area contributed by atoms with Crippen LogP contribution in [0.3, 0.4) is 0 Å². The van der Waals surface area contributed by atoms with Crippen molar-refractivity contribution < 1.29 is 45.9 Å². The standard InChI is InChI=1S/C27H29F5N2O4/c1-7-8-16-11-17(25(35)38-24-22(31)20(29)19(28)21(30)23(24)32)9-10-18(16)33-12-15(3)34(26(36)37,13-14(33)2)27(4,5)6/h7-11,14-15H,12-13H2,1-6H3/p+1/b8-7-/t14-,15+,34?/m0/s1. The number of allylic oxidation sites excluding steroid dienone is 1. The van der Waals surface area contributed by atoms with E-state index in [1.54, 1.807) is 25.1 Å². The summed E-state index contributed by atoms with van der Waals surface area (Å²) in [4.78, 5) is 27.1. The third-order valence-electron chi connectivity index (χ3n) is 7.12. The monoisotopic (exact) mass is 541 g/mol. The first-order valence-corrected chi connectivity index (χ1v) is 12.0. The zero-order chi connectivity index (χ0) is 28.7. The van der Waals surface area contributed by atoms with Crippen LogP contribution in [0.1, 0.15) is 57.5 Å². The highest BCUT2D eigenvalue weighted by Gasteiger charge is 2.56. The van der Waals surface area contributed by atoms with Gasteiger partial charge in [0.15, 0.2) is 0 Å². The topological polar surface area (TPSA) is 66.8 Å². The lowest BCUT2D eigenvalue weighted by Crippen LogP contribution is -2.75. The van der Waals surface area contributed by atoms with Crippen LogP contribution >= 0.6 is 0 Å². The largest absolute Gasteiger partial charge is 0.514 e. The summed E-state index contributed by atoms with van der Waals surface area (Å²) in [6.07, 6.45) is 2.46. The first-order chi connectivity index (χ1) is 17.6. The molecule has 1 N–H and O–H groups in total. The van der Waals surface area contributed by atoms with Gasteiger partial charge in [0.2, 0.25) is 34.8 Å². The number of rotatable bonds is 4. The number of piperazine rings is 1. The van der Waals surface area contributed by atoms with Gasteiger partial charge in [0.05, 0.1) is 18.2 Å². The number of amides is 1. The van der Waals surface area contributed by atoms with E-state index in [1.807, 2.05) is 39.5 Å². The fraction of sp³-hybridized carbons (Fsp3) is 0.407. The van der Waals surface area contributed by atoms with Gasteiger partial charge in [-0.1, -0.05) is 12.2 Å². The Balaban J connectivity index is 1.98. The Morgan fingerprint density at radius 2 is 1.58 bits per heavy atom. The molecule has 1 amide bonds. The number of hydrogen-bond acceptors (Lipinski definition) is 4. The molecular weight excluding hydrogens is 511 g/mol. The Labute approximate surface area is 217 Å². The summed E-state index contributed by atoms with van der Waals surface area (Å²) >= 11 is 0. The Morgan fingerprint density at radius 1 is 1.03 bits per heavy atom. The van der Waals surface area contributed by atoms with Crippen molar-refractivity contribution in [2.45, 2.75) is 59.2 Å². The van der Waals surface area contributed by atoms with E-state index < -0.39 is 52.4 Å². The first kappa shape index (κ1) is 29.1. The summed E-state index contributed by atoms with van der Waals surface area (Å²) < 4.78 is 72.8. The lowest BCUT2D eigenvalue weighted by Gasteiger charge is -2.55. The zero-order valence-corrected chi connectivity index (χ0v) is 21.9. The number of quaternary nitrogens is 1. The second-order valence-corrected chi connectivity index (χ2v) is 10.4. The molecule has 0 bridgehead atoms. The molecule has 2 aromatic rings. The maximum absolute atomic E-state index is 14.0. The molecule has 0 spiro atoms. The summed E-state index contributed by atoms with van der Waals surface area (Å²) in [6, 6.07) is 3.73. The summed E-state index contributed by atoms with van der Waals surface area (Å²) in [7, 11) is 0. The number of anilines is 1. The van der Waals surface area contributed by atoms with Crippen LogP contribution in [0, 0.1) is 29.1 Å². The molecule has 1 fully saturated rings. The Kier molecular flexibility index (Phi) is 7.93. The number of ether oxygens (including phenoxy) is 1. The average Bonchev–Trinajstić information content (AvgIpc) is 2.84. The molecule has 2 aromatic carbocycles. The molecule has 1 saturated heterocycles. The number of esters is 1. The van der Waals surface area contributed by atoms with Crippen molar-refractivity contribution in [3.63, 3.8) is 0 Å². The zero-order valence-electron chi connectivity index (χ0n) is 21.9. The molecule has 1 unspecified atom stereocenters. The maximum atomic E-state index is 14.0. The number of hydrogen-bond donors (Lipinski definition) is 1. The molecule has 206 valence electrons. The van der Waals surface area contributed by atoms with Crippen LogP contribution < -0.4 is 9.64 Å². The first-order valence-electron chi connectivity index (χ1n) is 12.0. The molecule has 11 heteroatoms. The molecule has 3 atom stereocenters. The van der Waals surface area contributed by atoms with Gasteiger partial charge in [-0.25, -0.2) is 22.4 Å². The normalized spacial score (nSPS) is 22.1. The molecule has 3 rings (SSSR count). The van der Waals surface area contributed by atoms with Gasteiger partial charge >= 0.3 is 12.1 Å². The number of carbonyl (C=O) groups is 2. The van der Waals surface area contributed by atoms with Gasteiger partial charge < -0.3 is 14.7 Å². The van der Waals surface area contributed by atoms with Crippen molar-refractivity contribution >= 4 is 23.8 Å². The summed E-state index contributed by atoms with van der Waals surface area (Å²) in [5.74, 6) is -14.3. The van der Waals surface area contributed by atoms with Crippen LogP contribution in [0.15, 0.2) is 24.3 Å². The minimum atomic E-state index is -2.36. The third-order valence-corrected chi connectivity index (χ3v) is 7.12. The minimum Gasteiger partial charge on any atom is -0.435 e. The van der Waals surface area contributed by atoms with Crippen LogP contribution in [0.4, 0.5) is 32.4 Å². The van der Waals surface area contributed by atoms with Crippen molar-refractivity contribution in [1.29, 1.82) is 0 Å². The van der Waals surface area contributed by atoms with E-state index in [1.165, 1.54) is 12.1 Å². The summed E-state index contributed by atoms with van der Waals surface area (Å²) in [5.41, 5.74) is 0.431. The van der Waals surface area contributed by atoms with Crippen LogP contribution in [-0.2, 0) is 0 Å². The Bertz CT molecular complexity index is 1280. The lowest BCUT2D eigenvalue weighted by molar-refractivity contribution is -0.927. The fourth-order valence-corrected chi connectivity index (χ4v) is 5.21. The molecule has 0 radical (unpaired) electrons. The second-order valence-electron chi connectivity index (χ2n) is 10.4. The third kappa shape index (κ3) is 4.75. The van der Waals surface area contributed by atoms with E-state index in [-0.39, 0.29) is 22.1 Å². The van der Waals surface area contributed by atoms with Gasteiger partial charge in [-0.2, -0.15) is 13.6 Å². The van der Waals surface area contributed by atoms with Crippen LogP contribution in [0.25, 0.3) is 6.08 Å². The van der Waals surface area contributed by atoms with Crippen molar-refractivity contribution in [3.8, 4) is 5.75 Å². The van der Waals surface area contributed by atoms with E-state index in [0.717, 1.165) is 0 Å². The van der Waals surface area contributed by atoms with Crippen LogP contribution in [0.2, 0.25) is 0 Å². The molecule has 6 nitrogen and oxygen atoms in total. The number of nitrogens with zero attached hydrogens (tertiary/aromatic N) is 2. The highest BCUT2D eigenvalue weighted by molar-refractivity contribution is 5.93. The highest BCUT2D eigenvalue weighted by Crippen LogP contribution is 2.38. The van der Waals surface area contributed by atoms with Crippen LogP contribution in [-0.4, -0.2) is 52.4 Å². The molecule has 0 aliphatic carbocycles. The van der Waals surface area contributed by atoms with Gasteiger partial charge in [-0.05, 0) is 65.3 Å². The van der Waals surface area contributed by atoms with Gasteiger partial charge in [0.1, 0.15) is 18.1 Å². The van der Waals surface area contributed by atoms with Crippen LogP contribution in [0.5, 0.6) is 5.75 Å². The van der Waals surface area contributed by atoms with Gasteiger partial charge in [-0.15, -0.1) is 0 Å². The quantitative estimate of drug-likeness (QED) is 0.119. The van der Waals surface area contributed by atoms with Gasteiger partial charge in [-0.3, -0.25) is 0 Å². The Hall–Kier alpha value is -3.47. The van der Waals surface area contributed by atoms with E-state index in [0.29, 0.717) is 24.3 Å². The minimum absolute atomic E-state index is 0.143. The van der Waals surface area contributed by atoms with Crippen molar-refractivity contribution in [2.24, 2.45) is 0 Å². The molecule has 0 saturated carbocycles. The number of carbonyl (C=O) groups excluding carboxylic acids is 1. The summed E-state index contributed by atoms with van der Waals surface area (Å²) in [5, 5.41) is 10.2. The number of halogens is 5. The van der Waals surface area contributed by atoms with E-state index in [2.05, 4.69) is 4.74 Å². The van der Waals surface area contributed by atoms with Crippen molar-refractivity contribution in [3.05, 3.63) is 64.5 Å². The Morgan fingerprint density at radius 3 is 2.08 bits per heavy atom. The summed E-state index contributed by atoms with van der Waals surface area (Å²) in [6.45, 7) is 11.8. The molecule has 1 aliphatic rings. The predicted molar refractivity (Wildman–Crippen MR) is 132 cm³/mol. The fourth-order valence-electron chi connectivity index (χ4n) is 5.21. The van der Waals surface area contributed by atoms with Gasteiger partial charge in [0.25, 0.3) is 0 Å². The molecule has 1 heterocycles. The van der Waals surface area contributed by atoms with Crippen molar-refractivity contribution in [1.82, 2.24) is 0 Å². The molecule has 0 aromatic heterocycles. The lowest BCUT2D eigenvalue weighted by atomic mass is 9.92. The highest BCUT2D eigenvalue weighted by atomic mass is 19.2. The predicted octanol–water partition coefficient (Wildman–Crippen LogP) is 6.52. The number of carboxylic acid groups (broad SMARTS) is 1. The SMILES string of the molecule is C/C=C\c1cc(C(=O)Oc2c(F)c(F)c(F)c(F)c2F)ccc1N1C[C@@H](C)[N+](C(=O)O)(C(C)(C)C)C[C@@H]1C. The van der Waals surface area contributed by atoms with E-state index in [4.69, 9.17) is 0 Å². The van der Waals surface area contributed by atoms with Gasteiger partial charge in [0, 0.05) is 5.69 Å². The van der Waals surface area contributed by atoms with Crippen molar-refractivity contribution in [2.75, 3.05) is 18.0 Å². The maximum Gasteiger partial charge on any atom is 0.514 e. The molecule has 1 aliphatic heterocycles. The number of benzene rings is 2. The molecule has 38 heavy (non-hydrogen) atoms. The van der Waals surface area contributed by atoms with E-state index in [9.17, 15) is 36.6 Å². The average molecular weight is 542 g/mol. The van der Waals surface area contributed by atoms with E-state index >= 15 is 0 Å². The molecular formula is C27H30F5N2O4+.